The van der Waals surface area contributed by atoms with E-state index in [1.807, 2.05) is 67.6 Å². The topological polar surface area (TPSA) is 84.1 Å². The molecule has 6 rings (SSSR count). The van der Waals surface area contributed by atoms with Crippen molar-refractivity contribution in [3.63, 3.8) is 0 Å². The fourth-order valence-corrected chi connectivity index (χ4v) is 5.97. The lowest BCUT2D eigenvalue weighted by atomic mass is 9.85. The van der Waals surface area contributed by atoms with Gasteiger partial charge in [0, 0.05) is 35.1 Å². The summed E-state index contributed by atoms with van der Waals surface area (Å²) in [5.74, 6) is 1.74. The van der Waals surface area contributed by atoms with E-state index in [1.165, 1.54) is 0 Å². The zero-order valence-electron chi connectivity index (χ0n) is 22.3. The molecule has 2 amide bonds. The van der Waals surface area contributed by atoms with Crippen LogP contribution >= 0.6 is 0 Å². The number of ether oxygens (including phenoxy) is 3. The number of methoxy groups -OCH3 is 2. The highest BCUT2D eigenvalue weighted by Crippen LogP contribution is 2.45. The van der Waals surface area contributed by atoms with Gasteiger partial charge < -0.3 is 29.0 Å². The lowest BCUT2D eigenvalue weighted by Gasteiger charge is -2.47. The van der Waals surface area contributed by atoms with Crippen molar-refractivity contribution in [2.45, 2.75) is 32.0 Å². The number of carbonyl (C=O) groups excluding carboxylic acids is 2. The molecule has 8 heteroatoms. The second-order valence-electron chi connectivity index (χ2n) is 9.84. The number of rotatable bonds is 7. The zero-order chi connectivity index (χ0) is 27.1. The number of hydrogen-bond acceptors (Lipinski definition) is 5. The van der Waals surface area contributed by atoms with Crippen LogP contribution in [0.4, 0.5) is 0 Å². The Hall–Kier alpha value is -4.46. The Labute approximate surface area is 227 Å². The fraction of sp³-hybridized carbons (Fsp3) is 0.290. The number of aromatic nitrogens is 1. The summed E-state index contributed by atoms with van der Waals surface area (Å²) in [4.78, 5) is 35.0. The molecule has 1 fully saturated rings. The van der Waals surface area contributed by atoms with Gasteiger partial charge in [-0.3, -0.25) is 9.59 Å². The summed E-state index contributed by atoms with van der Waals surface area (Å²) in [5, 5.41) is 1.07. The van der Waals surface area contributed by atoms with Crippen molar-refractivity contribution in [2.24, 2.45) is 0 Å². The Morgan fingerprint density at radius 3 is 2.49 bits per heavy atom. The number of benzene rings is 3. The monoisotopic (exact) mass is 525 g/mol. The number of hydrogen-bond donors (Lipinski definition) is 1. The first-order valence-electron chi connectivity index (χ1n) is 13.2. The Balaban J connectivity index is 1.42. The number of para-hydroxylation sites is 2. The molecule has 0 radical (unpaired) electrons. The Bertz CT molecular complexity index is 1560. The van der Waals surface area contributed by atoms with Crippen LogP contribution in [0.2, 0.25) is 0 Å². The SMILES string of the molecule is CCOc1ccccc1C1c2[nH]c3ccccc3c2CC2C(=O)N(Cc3ccc(OC)c(OC)c3)CC(=O)N21. The van der Waals surface area contributed by atoms with Gasteiger partial charge in [-0.25, -0.2) is 0 Å². The first-order valence-corrected chi connectivity index (χ1v) is 13.2. The van der Waals surface area contributed by atoms with Gasteiger partial charge >= 0.3 is 0 Å². The maximum absolute atomic E-state index is 14.1. The summed E-state index contributed by atoms with van der Waals surface area (Å²) in [6.07, 6.45) is 0.444. The van der Waals surface area contributed by atoms with Gasteiger partial charge in [0.25, 0.3) is 0 Å². The summed E-state index contributed by atoms with van der Waals surface area (Å²) in [6.45, 7) is 2.73. The molecule has 0 spiro atoms. The van der Waals surface area contributed by atoms with Gasteiger partial charge in [-0.05, 0) is 42.3 Å². The summed E-state index contributed by atoms with van der Waals surface area (Å²) >= 11 is 0. The average molecular weight is 526 g/mol. The lowest BCUT2D eigenvalue weighted by molar-refractivity contribution is -0.159. The van der Waals surface area contributed by atoms with Crippen LogP contribution in [0.1, 0.15) is 35.3 Å². The number of aromatic amines is 1. The van der Waals surface area contributed by atoms with Crippen LogP contribution in [0.3, 0.4) is 0 Å². The summed E-state index contributed by atoms with van der Waals surface area (Å²) in [7, 11) is 3.16. The van der Waals surface area contributed by atoms with Crippen molar-refractivity contribution in [1.29, 1.82) is 0 Å². The molecule has 8 nitrogen and oxygen atoms in total. The van der Waals surface area contributed by atoms with Crippen molar-refractivity contribution < 1.29 is 23.8 Å². The maximum Gasteiger partial charge on any atom is 0.246 e. The zero-order valence-corrected chi connectivity index (χ0v) is 22.3. The van der Waals surface area contributed by atoms with E-state index in [-0.39, 0.29) is 18.4 Å². The molecule has 0 saturated carbocycles. The largest absolute Gasteiger partial charge is 0.494 e. The van der Waals surface area contributed by atoms with E-state index < -0.39 is 12.1 Å². The normalized spacial score (nSPS) is 18.6. The van der Waals surface area contributed by atoms with E-state index in [2.05, 4.69) is 11.1 Å². The number of H-pyrrole nitrogens is 1. The van der Waals surface area contributed by atoms with E-state index >= 15 is 0 Å². The van der Waals surface area contributed by atoms with Gasteiger partial charge in [-0.2, -0.15) is 0 Å². The fourth-order valence-electron chi connectivity index (χ4n) is 5.97. The highest BCUT2D eigenvalue weighted by atomic mass is 16.5. The quantitative estimate of drug-likeness (QED) is 0.385. The molecule has 2 unspecified atom stereocenters. The van der Waals surface area contributed by atoms with E-state index in [9.17, 15) is 9.59 Å². The third-order valence-electron chi connectivity index (χ3n) is 7.68. The van der Waals surface area contributed by atoms with Crippen molar-refractivity contribution >= 4 is 22.7 Å². The van der Waals surface area contributed by atoms with Gasteiger partial charge in [0.1, 0.15) is 24.4 Å². The smallest absolute Gasteiger partial charge is 0.246 e. The van der Waals surface area contributed by atoms with Crippen LogP contribution in [0.15, 0.2) is 66.7 Å². The van der Waals surface area contributed by atoms with E-state index in [0.717, 1.165) is 33.3 Å². The van der Waals surface area contributed by atoms with Crippen LogP contribution in [0.25, 0.3) is 10.9 Å². The van der Waals surface area contributed by atoms with E-state index in [4.69, 9.17) is 14.2 Å². The predicted octanol–water partition coefficient (Wildman–Crippen LogP) is 4.47. The molecule has 1 N–H and O–H groups in total. The number of nitrogens with one attached hydrogen (secondary N) is 1. The molecule has 0 aliphatic carbocycles. The first kappa shape index (κ1) is 24.9. The molecule has 0 bridgehead atoms. The number of fused-ring (bicyclic) bond motifs is 4. The molecule has 3 aromatic carbocycles. The van der Waals surface area contributed by atoms with Gasteiger partial charge in [-0.1, -0.05) is 42.5 Å². The highest BCUT2D eigenvalue weighted by Gasteiger charge is 2.48. The summed E-state index contributed by atoms with van der Waals surface area (Å²) in [5.41, 5.74) is 4.73. The second-order valence-corrected chi connectivity index (χ2v) is 9.84. The van der Waals surface area contributed by atoms with E-state index in [1.54, 1.807) is 24.0 Å². The minimum Gasteiger partial charge on any atom is -0.494 e. The number of carbonyl (C=O) groups is 2. The molecule has 2 atom stereocenters. The summed E-state index contributed by atoms with van der Waals surface area (Å²) < 4.78 is 16.8. The molecule has 2 aliphatic rings. The third kappa shape index (κ3) is 4.16. The Kier molecular flexibility index (Phi) is 6.38. The van der Waals surface area contributed by atoms with Crippen molar-refractivity contribution in [2.75, 3.05) is 27.4 Å². The number of nitrogens with zero attached hydrogens (tertiary/aromatic N) is 2. The van der Waals surface area contributed by atoms with Crippen molar-refractivity contribution in [1.82, 2.24) is 14.8 Å². The molecular formula is C31H31N3O5. The number of amides is 2. The molecule has 1 aromatic heterocycles. The van der Waals surface area contributed by atoms with Gasteiger partial charge in [-0.15, -0.1) is 0 Å². The molecule has 4 aromatic rings. The Morgan fingerprint density at radius 1 is 0.923 bits per heavy atom. The van der Waals surface area contributed by atoms with Crippen LogP contribution in [0, 0.1) is 0 Å². The van der Waals surface area contributed by atoms with Gasteiger partial charge in [0.15, 0.2) is 11.5 Å². The lowest BCUT2D eigenvalue weighted by Crippen LogP contribution is -2.62. The minimum atomic E-state index is -0.627. The first-order chi connectivity index (χ1) is 19.0. The molecule has 2 aliphatic heterocycles. The molecule has 1 saturated heterocycles. The van der Waals surface area contributed by atoms with Crippen LogP contribution < -0.4 is 14.2 Å². The van der Waals surface area contributed by atoms with Crippen molar-refractivity contribution in [3.8, 4) is 17.2 Å². The van der Waals surface area contributed by atoms with Gasteiger partial charge in [0.05, 0.1) is 20.8 Å². The van der Waals surface area contributed by atoms with Gasteiger partial charge in [0.2, 0.25) is 11.8 Å². The van der Waals surface area contributed by atoms with Crippen LogP contribution in [0.5, 0.6) is 17.2 Å². The Morgan fingerprint density at radius 2 is 1.69 bits per heavy atom. The average Bonchev–Trinajstić information content (AvgIpc) is 3.33. The van der Waals surface area contributed by atoms with Crippen LogP contribution in [-0.4, -0.2) is 60.0 Å². The van der Waals surface area contributed by atoms with E-state index in [0.29, 0.717) is 36.8 Å². The predicted molar refractivity (Wildman–Crippen MR) is 147 cm³/mol. The molecule has 3 heterocycles. The molecular weight excluding hydrogens is 494 g/mol. The second kappa shape index (κ2) is 10.0. The maximum atomic E-state index is 14.1. The third-order valence-corrected chi connectivity index (χ3v) is 7.68. The number of piperazine rings is 1. The molecule has 39 heavy (non-hydrogen) atoms. The van der Waals surface area contributed by atoms with Crippen LogP contribution in [-0.2, 0) is 22.6 Å². The minimum absolute atomic E-state index is 0.00740. The standard InChI is InChI=1S/C31H31N3O5/c1-4-39-25-12-8-6-10-21(25)30-29-22(20-9-5-7-11-23(20)32-29)16-24-31(36)33(18-28(35)34(24)30)17-19-13-14-26(37-2)27(15-19)38-3/h5-15,24,30,32H,4,16-18H2,1-3H3. The van der Waals surface area contributed by atoms with Crippen molar-refractivity contribution in [3.05, 3.63) is 89.1 Å². The highest BCUT2D eigenvalue weighted by molar-refractivity contribution is 5.97. The summed E-state index contributed by atoms with van der Waals surface area (Å²) in [6, 6.07) is 20.3. The molecule has 200 valence electrons.